The van der Waals surface area contributed by atoms with Gasteiger partial charge in [0.1, 0.15) is 0 Å². The molecule has 1 N–H and O–H groups in total. The SMILES string of the molecule is COSc1ccc(Nc2ccccc2)c(C(C)(C)C/C=C/N(C(C)=O)c2ccccc2)c1. The molecule has 0 atom stereocenters. The summed E-state index contributed by atoms with van der Waals surface area (Å²) in [5, 5.41) is 3.55. The number of hydrogen-bond acceptors (Lipinski definition) is 4. The van der Waals surface area contributed by atoms with Gasteiger partial charge < -0.3 is 9.50 Å². The zero-order valence-electron chi connectivity index (χ0n) is 19.0. The number of anilines is 3. The van der Waals surface area contributed by atoms with Crippen molar-refractivity contribution in [3.63, 3.8) is 0 Å². The molecule has 0 bridgehead atoms. The largest absolute Gasteiger partial charge is 0.355 e. The van der Waals surface area contributed by atoms with Crippen LogP contribution in [-0.2, 0) is 14.4 Å². The van der Waals surface area contributed by atoms with Crippen molar-refractivity contribution in [2.75, 3.05) is 17.3 Å². The number of allylic oxidation sites excluding steroid dienone is 1. The summed E-state index contributed by atoms with van der Waals surface area (Å²) < 4.78 is 5.28. The lowest BCUT2D eigenvalue weighted by Gasteiger charge is -2.28. The molecule has 4 nitrogen and oxygen atoms in total. The van der Waals surface area contributed by atoms with Gasteiger partial charge in [0.25, 0.3) is 0 Å². The number of nitrogens with zero attached hydrogens (tertiary/aromatic N) is 1. The van der Waals surface area contributed by atoms with Gasteiger partial charge in [0.15, 0.2) is 0 Å². The number of benzene rings is 3. The molecule has 1 amide bonds. The molecule has 0 spiro atoms. The maximum absolute atomic E-state index is 12.2. The van der Waals surface area contributed by atoms with E-state index in [1.165, 1.54) is 17.6 Å². The highest BCUT2D eigenvalue weighted by Crippen LogP contribution is 2.37. The van der Waals surface area contributed by atoms with E-state index in [0.29, 0.717) is 0 Å². The van der Waals surface area contributed by atoms with Crippen LogP contribution in [0.4, 0.5) is 17.1 Å². The molecule has 0 radical (unpaired) electrons. The lowest BCUT2D eigenvalue weighted by atomic mass is 9.80. The van der Waals surface area contributed by atoms with Gasteiger partial charge in [-0.25, -0.2) is 0 Å². The van der Waals surface area contributed by atoms with Crippen LogP contribution >= 0.6 is 12.0 Å². The molecule has 0 saturated carbocycles. The molecular formula is C27H30N2O2S. The highest BCUT2D eigenvalue weighted by atomic mass is 32.2. The van der Waals surface area contributed by atoms with Crippen molar-refractivity contribution in [3.8, 4) is 0 Å². The van der Waals surface area contributed by atoms with Gasteiger partial charge in [-0.3, -0.25) is 9.69 Å². The Bertz CT molecular complexity index is 1050. The first-order valence-corrected chi connectivity index (χ1v) is 11.3. The van der Waals surface area contributed by atoms with Gasteiger partial charge in [0.2, 0.25) is 5.91 Å². The van der Waals surface area contributed by atoms with Gasteiger partial charge in [-0.1, -0.05) is 56.3 Å². The molecule has 5 heteroatoms. The van der Waals surface area contributed by atoms with Crippen molar-refractivity contribution in [1.29, 1.82) is 0 Å². The van der Waals surface area contributed by atoms with Gasteiger partial charge in [-0.15, -0.1) is 0 Å². The van der Waals surface area contributed by atoms with Crippen LogP contribution in [0.3, 0.4) is 0 Å². The molecule has 0 aliphatic carbocycles. The summed E-state index contributed by atoms with van der Waals surface area (Å²) in [7, 11) is 1.67. The third-order valence-corrected chi connectivity index (χ3v) is 5.82. The first-order valence-electron chi connectivity index (χ1n) is 10.6. The summed E-state index contributed by atoms with van der Waals surface area (Å²) in [6.45, 7) is 6.01. The third-order valence-electron chi connectivity index (χ3n) is 5.21. The molecular weight excluding hydrogens is 416 g/mol. The zero-order valence-corrected chi connectivity index (χ0v) is 19.9. The molecule has 166 valence electrons. The molecule has 0 aromatic heterocycles. The maximum atomic E-state index is 12.2. The van der Waals surface area contributed by atoms with Crippen LogP contribution in [-0.4, -0.2) is 13.0 Å². The number of nitrogens with one attached hydrogen (secondary N) is 1. The van der Waals surface area contributed by atoms with E-state index >= 15 is 0 Å². The molecule has 0 heterocycles. The van der Waals surface area contributed by atoms with Crippen LogP contribution in [0.15, 0.2) is 96.0 Å². The quantitative estimate of drug-likeness (QED) is 0.350. The van der Waals surface area contributed by atoms with Crippen LogP contribution in [0.1, 0.15) is 32.8 Å². The van der Waals surface area contributed by atoms with Crippen LogP contribution in [0.25, 0.3) is 0 Å². The number of rotatable bonds is 9. The van der Waals surface area contributed by atoms with E-state index in [2.05, 4.69) is 55.6 Å². The van der Waals surface area contributed by atoms with Crippen LogP contribution in [0.2, 0.25) is 0 Å². The zero-order chi connectivity index (χ0) is 23.0. The molecule has 0 saturated heterocycles. The molecule has 0 aliphatic rings. The minimum Gasteiger partial charge on any atom is -0.355 e. The maximum Gasteiger partial charge on any atom is 0.227 e. The predicted octanol–water partition coefficient (Wildman–Crippen LogP) is 7.32. The van der Waals surface area contributed by atoms with Crippen LogP contribution in [0, 0.1) is 0 Å². The van der Waals surface area contributed by atoms with Crippen molar-refractivity contribution in [2.45, 2.75) is 37.5 Å². The molecule has 3 rings (SSSR count). The minimum absolute atomic E-state index is 0.0184. The fraction of sp³-hybridized carbons (Fsp3) is 0.222. The molecule has 3 aromatic rings. The van der Waals surface area contributed by atoms with E-state index < -0.39 is 0 Å². The van der Waals surface area contributed by atoms with Gasteiger partial charge in [-0.2, -0.15) is 0 Å². The average Bonchev–Trinajstić information content (AvgIpc) is 2.79. The van der Waals surface area contributed by atoms with E-state index in [4.69, 9.17) is 4.18 Å². The summed E-state index contributed by atoms with van der Waals surface area (Å²) in [4.78, 5) is 14.9. The predicted molar refractivity (Wildman–Crippen MR) is 135 cm³/mol. The first kappa shape index (κ1) is 23.6. The summed E-state index contributed by atoms with van der Waals surface area (Å²) in [6, 6.07) is 26.2. The second-order valence-electron chi connectivity index (χ2n) is 8.15. The number of hydrogen-bond donors (Lipinski definition) is 1. The highest BCUT2D eigenvalue weighted by molar-refractivity contribution is 7.94. The number of para-hydroxylation sites is 2. The summed E-state index contributed by atoms with van der Waals surface area (Å²) in [5.74, 6) is -0.0184. The Hall–Kier alpha value is -3.02. The minimum atomic E-state index is -0.183. The highest BCUT2D eigenvalue weighted by Gasteiger charge is 2.24. The third kappa shape index (κ3) is 6.25. The summed E-state index contributed by atoms with van der Waals surface area (Å²) in [5.41, 5.74) is 3.96. The standard InChI is InChI=1S/C27H30N2O2S/c1-21(30)29(23-14-9-6-10-15-23)19-11-18-27(2,3)25-20-24(32-31-4)16-17-26(25)28-22-12-7-5-8-13-22/h5-17,19-20,28H,18H2,1-4H3/b19-11+. The lowest BCUT2D eigenvalue weighted by molar-refractivity contribution is -0.116. The molecule has 32 heavy (non-hydrogen) atoms. The number of carbonyl (C=O) groups excluding carboxylic acids is 1. The second kappa shape index (κ2) is 11.0. The van der Waals surface area contributed by atoms with Crippen LogP contribution in [0.5, 0.6) is 0 Å². The van der Waals surface area contributed by atoms with Crippen molar-refractivity contribution in [2.24, 2.45) is 0 Å². The fourth-order valence-electron chi connectivity index (χ4n) is 3.54. The second-order valence-corrected chi connectivity index (χ2v) is 9.12. The van der Waals surface area contributed by atoms with Gasteiger partial charge in [0, 0.05) is 47.1 Å². The van der Waals surface area contributed by atoms with E-state index in [0.717, 1.165) is 28.4 Å². The normalized spacial score (nSPS) is 11.5. The molecule has 0 aliphatic heterocycles. The molecule has 3 aromatic carbocycles. The van der Waals surface area contributed by atoms with Crippen molar-refractivity contribution in [3.05, 3.63) is 96.7 Å². The Kier molecular flexibility index (Phi) is 8.14. The van der Waals surface area contributed by atoms with E-state index in [-0.39, 0.29) is 11.3 Å². The average molecular weight is 447 g/mol. The lowest BCUT2D eigenvalue weighted by Crippen LogP contribution is -2.23. The Morgan fingerprint density at radius 1 is 1.03 bits per heavy atom. The fourth-order valence-corrected chi connectivity index (χ4v) is 4.02. The Labute approximate surface area is 195 Å². The molecule has 0 unspecified atom stereocenters. The monoisotopic (exact) mass is 446 g/mol. The summed E-state index contributed by atoms with van der Waals surface area (Å²) in [6.07, 6.45) is 4.70. The van der Waals surface area contributed by atoms with Gasteiger partial charge in [-0.05, 0) is 59.9 Å². The van der Waals surface area contributed by atoms with E-state index in [9.17, 15) is 4.79 Å². The first-order chi connectivity index (χ1) is 15.4. The van der Waals surface area contributed by atoms with E-state index in [1.54, 1.807) is 18.9 Å². The summed E-state index contributed by atoms with van der Waals surface area (Å²) >= 11 is 1.35. The van der Waals surface area contributed by atoms with E-state index in [1.807, 2.05) is 54.7 Å². The number of carbonyl (C=O) groups is 1. The molecule has 0 fully saturated rings. The van der Waals surface area contributed by atoms with Crippen molar-refractivity contribution >= 4 is 35.0 Å². The van der Waals surface area contributed by atoms with Gasteiger partial charge in [0.05, 0.1) is 7.11 Å². The Balaban J connectivity index is 1.87. The Morgan fingerprint density at radius 3 is 2.31 bits per heavy atom. The van der Waals surface area contributed by atoms with Gasteiger partial charge >= 0.3 is 0 Å². The number of amides is 1. The van der Waals surface area contributed by atoms with Crippen molar-refractivity contribution in [1.82, 2.24) is 0 Å². The smallest absolute Gasteiger partial charge is 0.227 e. The van der Waals surface area contributed by atoms with Crippen LogP contribution < -0.4 is 10.2 Å². The van der Waals surface area contributed by atoms with Crippen molar-refractivity contribution < 1.29 is 8.98 Å². The Morgan fingerprint density at radius 2 is 1.69 bits per heavy atom. The topological polar surface area (TPSA) is 41.6 Å².